The monoisotopic (exact) mass is 746 g/mol. The first-order valence-electron chi connectivity index (χ1n) is 16.0. The highest BCUT2D eigenvalue weighted by molar-refractivity contribution is 7.94. The van der Waals surface area contributed by atoms with Gasteiger partial charge in [0.15, 0.2) is 22.6 Å². The van der Waals surface area contributed by atoms with Crippen molar-refractivity contribution in [1.29, 1.82) is 5.26 Å². The van der Waals surface area contributed by atoms with Gasteiger partial charge >= 0.3 is 5.97 Å². The largest absolute Gasteiger partial charge is 0.468 e. The van der Waals surface area contributed by atoms with Gasteiger partial charge in [-0.2, -0.15) is 15.2 Å². The number of azo groups is 1. The summed E-state index contributed by atoms with van der Waals surface area (Å²) < 4.78 is 39.6. The van der Waals surface area contributed by atoms with Gasteiger partial charge < -0.3 is 25.4 Å². The maximum absolute atomic E-state index is 12.7. The summed E-state index contributed by atoms with van der Waals surface area (Å²) >= 11 is 1.21. The number of thiazole rings is 1. The fourth-order valence-electron chi connectivity index (χ4n) is 5.12. The lowest BCUT2D eigenvalue weighted by atomic mass is 10.1. The van der Waals surface area contributed by atoms with Gasteiger partial charge in [-0.3, -0.25) is 9.52 Å². The van der Waals surface area contributed by atoms with Gasteiger partial charge in [0, 0.05) is 33.0 Å². The fraction of sp³-hybridized carbons (Fsp3) is 0.333. The Morgan fingerprint density at radius 1 is 1.08 bits per heavy atom. The summed E-state index contributed by atoms with van der Waals surface area (Å²) in [5, 5.41) is 32.1. The van der Waals surface area contributed by atoms with E-state index in [2.05, 4.69) is 73.9 Å². The van der Waals surface area contributed by atoms with Gasteiger partial charge in [-0.1, -0.05) is 29.0 Å². The van der Waals surface area contributed by atoms with E-state index in [0.717, 1.165) is 29.5 Å². The zero-order chi connectivity index (χ0) is 37.6. The quantitative estimate of drug-likeness (QED) is 0.0547. The molecule has 0 fully saturated rings. The van der Waals surface area contributed by atoms with Crippen molar-refractivity contribution in [2.24, 2.45) is 10.2 Å². The van der Waals surface area contributed by atoms with E-state index in [0.29, 0.717) is 58.2 Å². The number of nitrogens with one attached hydrogen (secondary N) is 4. The third-order valence-electron chi connectivity index (χ3n) is 7.74. The number of carbonyl (C=O) groups excluding carboxylic acids is 1. The maximum atomic E-state index is 12.7. The molecule has 5 rings (SSSR count). The highest BCUT2D eigenvalue weighted by Crippen LogP contribution is 2.37. The average Bonchev–Trinajstić information content (AvgIpc) is 3.74. The molecule has 17 nitrogen and oxygen atoms in total. The number of carbonyl (C=O) groups is 1. The Morgan fingerprint density at radius 2 is 1.81 bits per heavy atom. The first-order valence-corrected chi connectivity index (χ1v) is 18.3. The Kier molecular flexibility index (Phi) is 11.6. The molecule has 1 atom stereocenters. The molecule has 0 saturated carbocycles. The molecule has 0 saturated heterocycles. The number of aryl methyl sites for hydroxylation is 3. The number of benzene rings is 2. The van der Waals surface area contributed by atoms with E-state index < -0.39 is 21.2 Å². The maximum Gasteiger partial charge on any atom is 0.325 e. The van der Waals surface area contributed by atoms with Crippen molar-refractivity contribution in [1.82, 2.24) is 24.7 Å². The Hall–Kier alpha value is -5.71. The number of ether oxygens (including phenoxy) is 2. The summed E-state index contributed by atoms with van der Waals surface area (Å²) in [5.74, 6) is 0.285. The minimum Gasteiger partial charge on any atom is -0.468 e. The highest BCUT2D eigenvalue weighted by atomic mass is 32.2. The molecule has 3 aromatic heterocycles. The topological polar surface area (TPSA) is 223 Å². The zero-order valence-electron chi connectivity index (χ0n) is 29.6. The number of hydrogen-bond donors (Lipinski definition) is 4. The van der Waals surface area contributed by atoms with Gasteiger partial charge in [0.2, 0.25) is 26.9 Å². The number of methoxy groups -OCH3 is 2. The van der Waals surface area contributed by atoms with Crippen LogP contribution in [0.25, 0.3) is 15.3 Å². The van der Waals surface area contributed by atoms with E-state index in [-0.39, 0.29) is 17.1 Å². The lowest BCUT2D eigenvalue weighted by Crippen LogP contribution is -2.33. The van der Waals surface area contributed by atoms with Crippen LogP contribution >= 0.6 is 11.3 Å². The summed E-state index contributed by atoms with van der Waals surface area (Å²) in [6.45, 7) is 8.36. The van der Waals surface area contributed by atoms with E-state index in [1.165, 1.54) is 35.2 Å². The van der Waals surface area contributed by atoms with Gasteiger partial charge in [-0.15, -0.1) is 15.3 Å². The molecule has 4 N–H and O–H groups in total. The van der Waals surface area contributed by atoms with E-state index in [1.807, 2.05) is 20.8 Å². The third-order valence-corrected chi connectivity index (χ3v) is 10.4. The Labute approximate surface area is 304 Å². The van der Waals surface area contributed by atoms with Gasteiger partial charge in [0.1, 0.15) is 11.6 Å². The minimum atomic E-state index is -4.06. The predicted octanol–water partition coefficient (Wildman–Crippen LogP) is 6.02. The van der Waals surface area contributed by atoms with Crippen LogP contribution in [0.1, 0.15) is 35.6 Å². The Bertz CT molecular complexity index is 2270. The van der Waals surface area contributed by atoms with Gasteiger partial charge in [-0.25, -0.2) is 18.1 Å². The van der Waals surface area contributed by atoms with Gasteiger partial charge in [0.05, 0.1) is 29.2 Å². The molecule has 52 heavy (non-hydrogen) atoms. The van der Waals surface area contributed by atoms with Crippen molar-refractivity contribution >= 4 is 78.0 Å². The summed E-state index contributed by atoms with van der Waals surface area (Å²) in [6, 6.07) is 11.0. The van der Waals surface area contributed by atoms with Crippen LogP contribution in [0.5, 0.6) is 0 Å². The molecule has 0 aliphatic carbocycles. The molecule has 0 spiro atoms. The predicted molar refractivity (Wildman–Crippen MR) is 200 cm³/mol. The van der Waals surface area contributed by atoms with Crippen molar-refractivity contribution in [2.45, 2.75) is 39.4 Å². The molecular formula is C33H38N12O5S2. The number of aromatic nitrogens is 5. The molecule has 2 aromatic carbocycles. The highest BCUT2D eigenvalue weighted by Gasteiger charge is 2.29. The second-order valence-electron chi connectivity index (χ2n) is 11.6. The number of esters is 1. The molecule has 5 aromatic rings. The zero-order valence-corrected chi connectivity index (χ0v) is 31.2. The third kappa shape index (κ3) is 8.42. The summed E-state index contributed by atoms with van der Waals surface area (Å²) in [6.07, 6.45) is 2.19. The van der Waals surface area contributed by atoms with Crippen LogP contribution in [0.15, 0.2) is 46.8 Å². The van der Waals surface area contributed by atoms with Crippen molar-refractivity contribution in [3.05, 3.63) is 58.8 Å². The van der Waals surface area contributed by atoms with Crippen LogP contribution in [0, 0.1) is 32.1 Å². The molecular weight excluding hydrogens is 709 g/mol. The van der Waals surface area contributed by atoms with Gasteiger partial charge in [-0.05, 0) is 63.4 Å². The summed E-state index contributed by atoms with van der Waals surface area (Å²) in [4.78, 5) is 25.7. The van der Waals surface area contributed by atoms with Crippen molar-refractivity contribution in [2.75, 3.05) is 55.1 Å². The van der Waals surface area contributed by atoms with Crippen molar-refractivity contribution in [3.8, 4) is 11.2 Å². The van der Waals surface area contributed by atoms with Crippen molar-refractivity contribution < 1.29 is 22.7 Å². The average molecular weight is 747 g/mol. The van der Waals surface area contributed by atoms with E-state index in [9.17, 15) is 18.5 Å². The number of hydrogen-bond acceptors (Lipinski definition) is 16. The number of rotatable bonds is 15. The number of sulfonamides is 1. The summed E-state index contributed by atoms with van der Waals surface area (Å²) in [5.41, 5.74) is 5.25. The molecule has 0 aliphatic heterocycles. The standard InChI is InChI=1S/C33H38N12O5S2/c1-18-13-19(2)26(20(3)14-18)38-30-27(29(36-11-8-12-49-6)39-32(35-5)40-30)41-42-28-22(16-34)17-45(43-28)33-37-24-10-9-23(15-25(24)51-33)44-52(47,48)21(4)31(46)50-7/h9-10,13-15,17,21,44H,8,11-12H2,1-7H3,(H3,35,36,38,39,40). The fourth-order valence-corrected chi connectivity index (χ4v) is 7.04. The second-order valence-corrected chi connectivity index (χ2v) is 14.6. The number of fused-ring (bicyclic) bond motifs is 1. The summed E-state index contributed by atoms with van der Waals surface area (Å²) in [7, 11) is 0.416. The number of nitriles is 1. The smallest absolute Gasteiger partial charge is 0.325 e. The molecule has 1 unspecified atom stereocenters. The minimum absolute atomic E-state index is 0.0312. The normalized spacial score (nSPS) is 12.1. The molecule has 0 aliphatic rings. The molecule has 3 heterocycles. The molecule has 0 amide bonds. The first-order chi connectivity index (χ1) is 24.9. The lowest BCUT2D eigenvalue weighted by molar-refractivity contribution is -0.139. The Balaban J connectivity index is 1.50. The first kappa shape index (κ1) is 37.5. The Morgan fingerprint density at radius 3 is 2.48 bits per heavy atom. The van der Waals surface area contributed by atoms with Crippen LogP contribution < -0.4 is 20.7 Å². The van der Waals surface area contributed by atoms with Gasteiger partial charge in [0.25, 0.3) is 0 Å². The van der Waals surface area contributed by atoms with E-state index in [4.69, 9.17) is 4.74 Å². The van der Waals surface area contributed by atoms with Crippen LogP contribution in [-0.2, 0) is 24.3 Å². The molecule has 0 bridgehead atoms. The van der Waals surface area contributed by atoms with Crippen LogP contribution in [0.3, 0.4) is 0 Å². The molecule has 272 valence electrons. The molecule has 0 radical (unpaired) electrons. The van der Waals surface area contributed by atoms with Crippen LogP contribution in [0.2, 0.25) is 0 Å². The van der Waals surface area contributed by atoms with Crippen LogP contribution in [0.4, 0.5) is 40.5 Å². The second kappa shape index (κ2) is 16.1. The van der Waals surface area contributed by atoms with E-state index >= 15 is 0 Å². The number of nitrogens with zero attached hydrogens (tertiary/aromatic N) is 8. The van der Waals surface area contributed by atoms with Crippen LogP contribution in [-0.4, -0.2) is 78.8 Å². The number of anilines is 5. The van der Waals surface area contributed by atoms with Crippen molar-refractivity contribution in [3.63, 3.8) is 0 Å². The molecule has 19 heteroatoms. The van der Waals surface area contributed by atoms with E-state index in [1.54, 1.807) is 26.3 Å². The lowest BCUT2D eigenvalue weighted by Gasteiger charge is -2.17. The SMILES string of the molecule is CNc1nc(NCCCOC)c(N=Nc2nn(-c3nc4ccc(NS(=O)(=O)C(C)C(=O)OC)cc4s3)cc2C#N)c(Nc2c(C)cc(C)cc2C)n1.